The Labute approximate surface area is 77.2 Å². The minimum Gasteiger partial charge on any atom is -0.316 e. The van der Waals surface area contributed by atoms with Crippen molar-refractivity contribution in [1.29, 1.82) is 0 Å². The molecule has 0 amide bonds. The molecule has 2 nitrogen and oxygen atoms in total. The fourth-order valence-electron chi connectivity index (χ4n) is 1.75. The van der Waals surface area contributed by atoms with E-state index in [1.807, 2.05) is 6.07 Å². The lowest BCUT2D eigenvalue weighted by molar-refractivity contribution is 0.564. The first-order valence-corrected chi connectivity index (χ1v) is 4.66. The molecule has 1 saturated heterocycles. The zero-order chi connectivity index (χ0) is 9.10. The third kappa shape index (κ3) is 2.25. The highest BCUT2D eigenvalue weighted by Crippen LogP contribution is 2.14. The number of nitrogens with zero attached hydrogens (tertiary/aromatic N) is 1. The second kappa shape index (κ2) is 3.83. The second-order valence-electron chi connectivity index (χ2n) is 3.55. The minimum absolute atomic E-state index is 0.395. The molecule has 1 unspecified atom stereocenters. The standard InChI is InChI=1S/C10H13FN2/c11-10-2-1-8(7-13-10)5-9-3-4-12-6-9/h1-2,7,9,12H,3-6H2. The van der Waals surface area contributed by atoms with Gasteiger partial charge in [-0.2, -0.15) is 4.39 Å². The molecule has 0 radical (unpaired) electrons. The molecule has 0 spiro atoms. The van der Waals surface area contributed by atoms with E-state index in [9.17, 15) is 4.39 Å². The third-order valence-electron chi connectivity index (χ3n) is 2.48. The lowest BCUT2D eigenvalue weighted by atomic mass is 10.0. The number of nitrogens with one attached hydrogen (secondary N) is 1. The number of hydrogen-bond acceptors (Lipinski definition) is 2. The van der Waals surface area contributed by atoms with Crippen LogP contribution >= 0.6 is 0 Å². The maximum atomic E-state index is 12.5. The van der Waals surface area contributed by atoms with Crippen LogP contribution < -0.4 is 5.32 Å². The summed E-state index contributed by atoms with van der Waals surface area (Å²) in [5.41, 5.74) is 1.13. The summed E-state index contributed by atoms with van der Waals surface area (Å²) in [6.07, 6.45) is 3.87. The molecule has 0 saturated carbocycles. The molecule has 1 aromatic heterocycles. The fourth-order valence-corrected chi connectivity index (χ4v) is 1.75. The summed E-state index contributed by atoms with van der Waals surface area (Å²) in [5.74, 6) is 0.306. The number of aromatic nitrogens is 1. The quantitative estimate of drug-likeness (QED) is 0.695. The van der Waals surface area contributed by atoms with Gasteiger partial charge in [-0.1, -0.05) is 6.07 Å². The maximum Gasteiger partial charge on any atom is 0.212 e. The molecule has 13 heavy (non-hydrogen) atoms. The highest BCUT2D eigenvalue weighted by molar-refractivity contribution is 5.10. The van der Waals surface area contributed by atoms with Gasteiger partial charge in [0.1, 0.15) is 0 Å². The fraction of sp³-hybridized carbons (Fsp3) is 0.500. The smallest absolute Gasteiger partial charge is 0.212 e. The zero-order valence-electron chi connectivity index (χ0n) is 7.46. The van der Waals surface area contributed by atoms with Gasteiger partial charge in [-0.3, -0.25) is 0 Å². The Morgan fingerprint density at radius 2 is 2.46 bits per heavy atom. The summed E-state index contributed by atoms with van der Waals surface area (Å²) in [7, 11) is 0. The molecule has 1 N–H and O–H groups in total. The van der Waals surface area contributed by atoms with E-state index >= 15 is 0 Å². The second-order valence-corrected chi connectivity index (χ2v) is 3.55. The van der Waals surface area contributed by atoms with Crippen molar-refractivity contribution in [2.45, 2.75) is 12.8 Å². The van der Waals surface area contributed by atoms with Crippen molar-refractivity contribution in [2.75, 3.05) is 13.1 Å². The lowest BCUT2D eigenvalue weighted by Gasteiger charge is -2.06. The van der Waals surface area contributed by atoms with E-state index in [0.29, 0.717) is 5.92 Å². The van der Waals surface area contributed by atoms with E-state index in [2.05, 4.69) is 10.3 Å². The van der Waals surface area contributed by atoms with E-state index < -0.39 is 5.95 Å². The number of pyridine rings is 1. The molecule has 0 aliphatic carbocycles. The first-order chi connectivity index (χ1) is 6.34. The zero-order valence-corrected chi connectivity index (χ0v) is 7.46. The summed E-state index contributed by atoms with van der Waals surface area (Å²) in [4.78, 5) is 3.63. The molecule has 0 bridgehead atoms. The highest BCUT2D eigenvalue weighted by Gasteiger charge is 2.14. The van der Waals surface area contributed by atoms with Crippen LogP contribution in [0.15, 0.2) is 18.3 Å². The molecule has 3 heteroatoms. The number of rotatable bonds is 2. The molecule has 0 aromatic carbocycles. The molecule has 1 fully saturated rings. The van der Waals surface area contributed by atoms with Crippen molar-refractivity contribution in [3.8, 4) is 0 Å². The van der Waals surface area contributed by atoms with Gasteiger partial charge in [0.05, 0.1) is 0 Å². The van der Waals surface area contributed by atoms with Gasteiger partial charge in [0.15, 0.2) is 0 Å². The van der Waals surface area contributed by atoms with E-state index in [0.717, 1.165) is 25.1 Å². The molecule has 70 valence electrons. The maximum absolute atomic E-state index is 12.5. The van der Waals surface area contributed by atoms with Crippen molar-refractivity contribution < 1.29 is 4.39 Å². The van der Waals surface area contributed by atoms with Crippen molar-refractivity contribution in [3.63, 3.8) is 0 Å². The monoisotopic (exact) mass is 180 g/mol. The van der Waals surface area contributed by atoms with Crippen LogP contribution in [0.4, 0.5) is 4.39 Å². The van der Waals surface area contributed by atoms with Gasteiger partial charge in [0.25, 0.3) is 0 Å². The molecule has 1 aliphatic heterocycles. The van der Waals surface area contributed by atoms with Crippen LogP contribution in [0.2, 0.25) is 0 Å². The molecule has 1 aromatic rings. The van der Waals surface area contributed by atoms with Gasteiger partial charge in [-0.15, -0.1) is 0 Å². The number of hydrogen-bond donors (Lipinski definition) is 1. The summed E-state index contributed by atoms with van der Waals surface area (Å²) in [6, 6.07) is 3.25. The molecule has 2 rings (SSSR count). The Morgan fingerprint density at radius 1 is 1.54 bits per heavy atom. The molecule has 1 atom stereocenters. The summed E-state index contributed by atoms with van der Waals surface area (Å²) in [5, 5.41) is 3.31. The van der Waals surface area contributed by atoms with Gasteiger partial charge < -0.3 is 5.32 Å². The van der Waals surface area contributed by atoms with Crippen molar-refractivity contribution in [1.82, 2.24) is 10.3 Å². The van der Waals surface area contributed by atoms with Crippen LogP contribution in [-0.4, -0.2) is 18.1 Å². The van der Waals surface area contributed by atoms with Gasteiger partial charge >= 0.3 is 0 Å². The summed E-state index contributed by atoms with van der Waals surface area (Å²) < 4.78 is 12.5. The van der Waals surface area contributed by atoms with Crippen LogP contribution in [0.3, 0.4) is 0 Å². The normalized spacial score (nSPS) is 22.1. The van der Waals surface area contributed by atoms with Gasteiger partial charge in [0.2, 0.25) is 5.95 Å². The molecular formula is C10H13FN2. The Bertz CT molecular complexity index is 265. The van der Waals surface area contributed by atoms with Crippen LogP contribution in [0.5, 0.6) is 0 Å². The largest absolute Gasteiger partial charge is 0.316 e. The predicted octanol–water partition coefficient (Wildman–Crippen LogP) is 1.37. The van der Waals surface area contributed by atoms with Crippen LogP contribution in [-0.2, 0) is 6.42 Å². The van der Waals surface area contributed by atoms with Crippen LogP contribution in [0, 0.1) is 11.9 Å². The van der Waals surface area contributed by atoms with Gasteiger partial charge in [-0.25, -0.2) is 4.98 Å². The van der Waals surface area contributed by atoms with E-state index in [4.69, 9.17) is 0 Å². The van der Waals surface area contributed by atoms with E-state index in [-0.39, 0.29) is 0 Å². The Balaban J connectivity index is 1.97. The third-order valence-corrected chi connectivity index (χ3v) is 2.48. The molecule has 2 heterocycles. The average Bonchev–Trinajstić information content (AvgIpc) is 2.62. The first-order valence-electron chi connectivity index (χ1n) is 4.66. The minimum atomic E-state index is -0.395. The Hall–Kier alpha value is -0.960. The SMILES string of the molecule is Fc1ccc(CC2CCNC2)cn1. The van der Waals surface area contributed by atoms with E-state index in [1.165, 1.54) is 12.5 Å². The Kier molecular flexibility index (Phi) is 2.54. The van der Waals surface area contributed by atoms with Crippen LogP contribution in [0.1, 0.15) is 12.0 Å². The topological polar surface area (TPSA) is 24.9 Å². The first kappa shape index (κ1) is 8.63. The highest BCUT2D eigenvalue weighted by atomic mass is 19.1. The number of halogens is 1. The van der Waals surface area contributed by atoms with Crippen LogP contribution in [0.25, 0.3) is 0 Å². The molecular weight excluding hydrogens is 167 g/mol. The summed E-state index contributed by atoms with van der Waals surface area (Å²) >= 11 is 0. The van der Waals surface area contributed by atoms with Gasteiger partial charge in [0, 0.05) is 6.20 Å². The van der Waals surface area contributed by atoms with Crippen molar-refractivity contribution >= 4 is 0 Å². The predicted molar refractivity (Wildman–Crippen MR) is 48.9 cm³/mol. The average molecular weight is 180 g/mol. The Morgan fingerprint density at radius 3 is 3.08 bits per heavy atom. The summed E-state index contributed by atoms with van der Waals surface area (Å²) in [6.45, 7) is 2.19. The van der Waals surface area contributed by atoms with E-state index in [1.54, 1.807) is 6.20 Å². The molecule has 1 aliphatic rings. The lowest BCUT2D eigenvalue weighted by Crippen LogP contribution is -2.10. The van der Waals surface area contributed by atoms with Gasteiger partial charge in [-0.05, 0) is 43.5 Å². The van der Waals surface area contributed by atoms with Crippen molar-refractivity contribution in [2.24, 2.45) is 5.92 Å². The van der Waals surface area contributed by atoms with Crippen molar-refractivity contribution in [3.05, 3.63) is 29.8 Å².